The van der Waals surface area contributed by atoms with Gasteiger partial charge >= 0.3 is 0 Å². The summed E-state index contributed by atoms with van der Waals surface area (Å²) in [4.78, 5) is 16.5. The zero-order chi connectivity index (χ0) is 14.1. The number of carbonyl (C=O) groups is 1. The first-order valence-electron chi connectivity index (χ1n) is 6.87. The van der Waals surface area contributed by atoms with Crippen molar-refractivity contribution in [1.82, 2.24) is 19.9 Å². The number of nitrogens with zero attached hydrogens (tertiary/aromatic N) is 3. The van der Waals surface area contributed by atoms with Gasteiger partial charge in [-0.1, -0.05) is 0 Å². The van der Waals surface area contributed by atoms with Crippen LogP contribution in [-0.2, 0) is 4.74 Å². The molecule has 6 heteroatoms. The maximum Gasteiger partial charge on any atom is 0.270 e. The minimum absolute atomic E-state index is 0.140. The summed E-state index contributed by atoms with van der Waals surface area (Å²) in [6.45, 7) is 5.16. The number of rotatable bonds is 3. The molecule has 1 fully saturated rings. The van der Waals surface area contributed by atoms with Gasteiger partial charge in [0.25, 0.3) is 5.91 Å². The monoisotopic (exact) mass is 274 g/mol. The Bertz CT molecular complexity index is 644. The maximum atomic E-state index is 12.1. The summed E-state index contributed by atoms with van der Waals surface area (Å²) in [6, 6.07) is 3.62. The van der Waals surface area contributed by atoms with Crippen molar-refractivity contribution in [2.75, 3.05) is 13.2 Å². The lowest BCUT2D eigenvalue weighted by molar-refractivity contribution is 0.0853. The molecule has 2 aromatic heterocycles. The third-order valence-corrected chi connectivity index (χ3v) is 3.47. The molecule has 106 valence electrons. The summed E-state index contributed by atoms with van der Waals surface area (Å²) in [5.74, 6) is -0.162. The molecule has 0 radical (unpaired) electrons. The van der Waals surface area contributed by atoms with E-state index < -0.39 is 0 Å². The third-order valence-electron chi connectivity index (χ3n) is 3.47. The van der Waals surface area contributed by atoms with Crippen molar-refractivity contribution in [3.63, 3.8) is 0 Å². The van der Waals surface area contributed by atoms with Gasteiger partial charge in [0, 0.05) is 24.9 Å². The number of fused-ring (bicyclic) bond motifs is 1. The molecular formula is C14H18N4O2. The van der Waals surface area contributed by atoms with Crippen LogP contribution in [0, 0.1) is 13.8 Å². The van der Waals surface area contributed by atoms with Gasteiger partial charge in [0.2, 0.25) is 0 Å². The summed E-state index contributed by atoms with van der Waals surface area (Å²) in [5, 5.41) is 7.21. The van der Waals surface area contributed by atoms with Gasteiger partial charge in [-0.05, 0) is 32.8 Å². The second-order valence-corrected chi connectivity index (χ2v) is 5.18. The van der Waals surface area contributed by atoms with E-state index in [1.807, 2.05) is 19.9 Å². The van der Waals surface area contributed by atoms with Crippen LogP contribution in [0.5, 0.6) is 0 Å². The molecule has 3 rings (SSSR count). The number of ether oxygens (including phenoxy) is 1. The first kappa shape index (κ1) is 13.1. The molecule has 0 bridgehead atoms. The van der Waals surface area contributed by atoms with Gasteiger partial charge in [0.05, 0.1) is 11.8 Å². The largest absolute Gasteiger partial charge is 0.376 e. The Balaban J connectivity index is 1.76. The molecule has 0 aromatic carbocycles. The minimum Gasteiger partial charge on any atom is -0.376 e. The molecule has 2 aromatic rings. The summed E-state index contributed by atoms with van der Waals surface area (Å²) >= 11 is 0. The van der Waals surface area contributed by atoms with E-state index in [-0.39, 0.29) is 12.0 Å². The van der Waals surface area contributed by atoms with Gasteiger partial charge in [-0.15, -0.1) is 0 Å². The van der Waals surface area contributed by atoms with Gasteiger partial charge in [0.1, 0.15) is 5.69 Å². The van der Waals surface area contributed by atoms with Gasteiger partial charge in [-0.25, -0.2) is 9.50 Å². The van der Waals surface area contributed by atoms with Crippen LogP contribution in [0.1, 0.15) is 34.7 Å². The van der Waals surface area contributed by atoms with Crippen molar-refractivity contribution in [3.05, 3.63) is 29.2 Å². The van der Waals surface area contributed by atoms with Crippen LogP contribution in [0.2, 0.25) is 0 Å². The van der Waals surface area contributed by atoms with Crippen molar-refractivity contribution < 1.29 is 9.53 Å². The van der Waals surface area contributed by atoms with E-state index in [0.717, 1.165) is 30.8 Å². The van der Waals surface area contributed by atoms with Crippen molar-refractivity contribution in [1.29, 1.82) is 0 Å². The lowest BCUT2D eigenvalue weighted by Gasteiger charge is -2.10. The molecule has 1 unspecified atom stereocenters. The molecule has 1 aliphatic rings. The van der Waals surface area contributed by atoms with E-state index in [0.29, 0.717) is 17.9 Å². The highest BCUT2D eigenvalue weighted by atomic mass is 16.5. The average Bonchev–Trinajstić information content (AvgIpc) is 3.04. The molecule has 6 nitrogen and oxygen atoms in total. The highest BCUT2D eigenvalue weighted by molar-refractivity contribution is 5.92. The fourth-order valence-corrected chi connectivity index (χ4v) is 2.46. The molecule has 3 heterocycles. The predicted molar refractivity (Wildman–Crippen MR) is 73.8 cm³/mol. The summed E-state index contributed by atoms with van der Waals surface area (Å²) in [6.07, 6.45) is 2.22. The van der Waals surface area contributed by atoms with Crippen LogP contribution in [-0.4, -0.2) is 39.8 Å². The van der Waals surface area contributed by atoms with E-state index in [1.54, 1.807) is 10.6 Å². The van der Waals surface area contributed by atoms with Crippen molar-refractivity contribution in [2.45, 2.75) is 32.8 Å². The van der Waals surface area contributed by atoms with Gasteiger partial charge in [0.15, 0.2) is 5.65 Å². The third kappa shape index (κ3) is 2.51. The second kappa shape index (κ2) is 5.20. The summed E-state index contributed by atoms with van der Waals surface area (Å²) in [7, 11) is 0. The Morgan fingerprint density at radius 2 is 2.35 bits per heavy atom. The number of aromatic nitrogens is 3. The number of amides is 1. The Kier molecular flexibility index (Phi) is 3.40. The smallest absolute Gasteiger partial charge is 0.270 e. The zero-order valence-electron chi connectivity index (χ0n) is 11.7. The predicted octanol–water partition coefficient (Wildman–Crippen LogP) is 1.25. The van der Waals surface area contributed by atoms with Crippen LogP contribution in [0.4, 0.5) is 0 Å². The minimum atomic E-state index is -0.162. The van der Waals surface area contributed by atoms with E-state index in [9.17, 15) is 4.79 Å². The molecule has 1 saturated heterocycles. The first-order valence-corrected chi connectivity index (χ1v) is 6.87. The fourth-order valence-electron chi connectivity index (χ4n) is 2.46. The molecule has 0 spiro atoms. The number of aryl methyl sites for hydroxylation is 2. The molecule has 1 atom stereocenters. The lowest BCUT2D eigenvalue weighted by atomic mass is 10.2. The quantitative estimate of drug-likeness (QED) is 0.914. The highest BCUT2D eigenvalue weighted by Gasteiger charge is 2.18. The highest BCUT2D eigenvalue weighted by Crippen LogP contribution is 2.12. The molecule has 0 aliphatic carbocycles. The maximum absolute atomic E-state index is 12.1. The van der Waals surface area contributed by atoms with Crippen LogP contribution >= 0.6 is 0 Å². The summed E-state index contributed by atoms with van der Waals surface area (Å²) < 4.78 is 7.23. The Morgan fingerprint density at radius 1 is 1.50 bits per heavy atom. The van der Waals surface area contributed by atoms with Crippen LogP contribution < -0.4 is 5.32 Å². The standard InChI is InChI=1S/C14H18N4O2/c1-9-6-13-16-12(7-10(2)18(13)17-9)14(19)15-8-11-4-3-5-20-11/h6-7,11H,3-5,8H2,1-2H3,(H,15,19). The zero-order valence-corrected chi connectivity index (χ0v) is 11.7. The Hall–Kier alpha value is -1.95. The van der Waals surface area contributed by atoms with Crippen LogP contribution in [0.3, 0.4) is 0 Å². The number of hydrogen-bond acceptors (Lipinski definition) is 4. The van der Waals surface area contributed by atoms with Crippen LogP contribution in [0.15, 0.2) is 12.1 Å². The molecule has 20 heavy (non-hydrogen) atoms. The van der Waals surface area contributed by atoms with E-state index in [2.05, 4.69) is 15.4 Å². The first-order chi connectivity index (χ1) is 9.63. The molecule has 0 saturated carbocycles. The fraction of sp³-hybridized carbons (Fsp3) is 0.500. The second-order valence-electron chi connectivity index (χ2n) is 5.18. The van der Waals surface area contributed by atoms with E-state index in [1.165, 1.54) is 0 Å². The van der Waals surface area contributed by atoms with Crippen molar-refractivity contribution in [3.8, 4) is 0 Å². The molecule has 1 amide bonds. The van der Waals surface area contributed by atoms with Crippen molar-refractivity contribution >= 4 is 11.6 Å². The lowest BCUT2D eigenvalue weighted by Crippen LogP contribution is -2.32. The Morgan fingerprint density at radius 3 is 3.10 bits per heavy atom. The molecule has 1 aliphatic heterocycles. The van der Waals surface area contributed by atoms with E-state index >= 15 is 0 Å². The summed E-state index contributed by atoms with van der Waals surface area (Å²) in [5.41, 5.74) is 2.90. The van der Waals surface area contributed by atoms with Gasteiger partial charge < -0.3 is 10.1 Å². The number of hydrogen-bond donors (Lipinski definition) is 1. The van der Waals surface area contributed by atoms with Crippen LogP contribution in [0.25, 0.3) is 5.65 Å². The number of carbonyl (C=O) groups excluding carboxylic acids is 1. The topological polar surface area (TPSA) is 68.5 Å². The van der Waals surface area contributed by atoms with Crippen molar-refractivity contribution in [2.24, 2.45) is 0 Å². The van der Waals surface area contributed by atoms with Gasteiger partial charge in [-0.3, -0.25) is 4.79 Å². The molecular weight excluding hydrogens is 256 g/mol. The van der Waals surface area contributed by atoms with Gasteiger partial charge in [-0.2, -0.15) is 5.10 Å². The number of nitrogens with one attached hydrogen (secondary N) is 1. The van der Waals surface area contributed by atoms with E-state index in [4.69, 9.17) is 4.74 Å². The SMILES string of the molecule is Cc1cc2nc(C(=O)NCC3CCCO3)cc(C)n2n1. The average molecular weight is 274 g/mol. The molecule has 1 N–H and O–H groups in total. The Labute approximate surface area is 117 Å². The normalized spacial score (nSPS) is 18.6.